The minimum absolute atomic E-state index is 0.0505. The number of benzene rings is 1. The van der Waals surface area contributed by atoms with Crippen LogP contribution in [0.1, 0.15) is 32.7 Å². The summed E-state index contributed by atoms with van der Waals surface area (Å²) in [7, 11) is 1.61. The molecular weight excluding hydrogens is 326 g/mol. The molecule has 0 bridgehead atoms. The molecule has 1 aromatic carbocycles. The van der Waals surface area contributed by atoms with Gasteiger partial charge in [0.25, 0.3) is 0 Å². The number of methoxy groups -OCH3 is 1. The summed E-state index contributed by atoms with van der Waals surface area (Å²) in [5.74, 6) is 0.856. The maximum absolute atomic E-state index is 12.7. The molecule has 0 aliphatic heterocycles. The van der Waals surface area contributed by atoms with Crippen LogP contribution in [-0.2, 0) is 4.79 Å². The van der Waals surface area contributed by atoms with Gasteiger partial charge in [-0.2, -0.15) is 0 Å². The predicted molar refractivity (Wildman–Crippen MR) is 92.2 cm³/mol. The van der Waals surface area contributed by atoms with Gasteiger partial charge in [0.1, 0.15) is 5.75 Å². The van der Waals surface area contributed by atoms with Gasteiger partial charge in [0.2, 0.25) is 11.1 Å². The number of ether oxygens (including phenoxy) is 1. The van der Waals surface area contributed by atoms with E-state index < -0.39 is 0 Å². The molecular formula is C16H21N5O2S. The quantitative estimate of drug-likeness (QED) is 0.776. The van der Waals surface area contributed by atoms with E-state index in [4.69, 9.17) is 4.74 Å². The second kappa shape index (κ2) is 7.21. The highest BCUT2D eigenvalue weighted by Gasteiger charge is 2.31. The lowest BCUT2D eigenvalue weighted by Crippen LogP contribution is -2.30. The van der Waals surface area contributed by atoms with Gasteiger partial charge in [-0.1, -0.05) is 25.6 Å². The maximum Gasteiger partial charge on any atom is 0.238 e. The summed E-state index contributed by atoms with van der Waals surface area (Å²) in [5.41, 5.74) is 0.744. The molecule has 0 saturated heterocycles. The monoisotopic (exact) mass is 347 g/mol. The van der Waals surface area contributed by atoms with E-state index in [-0.39, 0.29) is 17.1 Å². The Morgan fingerprint density at radius 3 is 2.62 bits per heavy atom. The van der Waals surface area contributed by atoms with Crippen LogP contribution in [0.25, 0.3) is 0 Å². The van der Waals surface area contributed by atoms with E-state index in [9.17, 15) is 4.79 Å². The van der Waals surface area contributed by atoms with Crippen LogP contribution in [0.4, 0.5) is 5.69 Å². The van der Waals surface area contributed by atoms with Gasteiger partial charge < -0.3 is 10.1 Å². The van der Waals surface area contributed by atoms with Crippen LogP contribution in [0, 0.1) is 5.92 Å². The molecule has 1 aliphatic carbocycles. The summed E-state index contributed by atoms with van der Waals surface area (Å²) < 4.78 is 6.96. The Balaban J connectivity index is 1.69. The fraction of sp³-hybridized carbons (Fsp3) is 0.500. The number of carbonyl (C=O) groups excluding carboxylic acids is 1. The van der Waals surface area contributed by atoms with E-state index in [2.05, 4.69) is 20.8 Å². The zero-order chi connectivity index (χ0) is 17.1. The molecule has 8 heteroatoms. The van der Waals surface area contributed by atoms with Crippen LogP contribution < -0.4 is 10.1 Å². The zero-order valence-electron chi connectivity index (χ0n) is 14.0. The molecule has 0 radical (unpaired) electrons. The van der Waals surface area contributed by atoms with Crippen LogP contribution in [0.3, 0.4) is 0 Å². The van der Waals surface area contributed by atoms with E-state index in [1.165, 1.54) is 11.8 Å². The Labute approximate surface area is 145 Å². The van der Waals surface area contributed by atoms with Gasteiger partial charge in [-0.25, -0.2) is 4.68 Å². The van der Waals surface area contributed by atoms with Crippen LogP contribution in [0.5, 0.6) is 5.75 Å². The number of tetrazole rings is 1. The molecule has 1 fully saturated rings. The summed E-state index contributed by atoms with van der Waals surface area (Å²) in [6.07, 6.45) is 2.20. The molecule has 1 heterocycles. The van der Waals surface area contributed by atoms with Crippen molar-refractivity contribution in [2.24, 2.45) is 5.92 Å². The molecule has 2 aromatic rings. The number of hydrogen-bond donors (Lipinski definition) is 1. The van der Waals surface area contributed by atoms with E-state index in [1.807, 2.05) is 42.8 Å². The average molecular weight is 347 g/mol. The number of hydrogen-bond acceptors (Lipinski definition) is 6. The Hall–Kier alpha value is -2.09. The number of rotatable bonds is 7. The highest BCUT2D eigenvalue weighted by atomic mass is 32.2. The van der Waals surface area contributed by atoms with E-state index in [1.54, 1.807) is 7.11 Å². The number of thioether (sulfide) groups is 1. The molecule has 3 rings (SSSR count). The lowest BCUT2D eigenvalue weighted by molar-refractivity contribution is -0.116. The van der Waals surface area contributed by atoms with Crippen LogP contribution in [-0.4, -0.2) is 38.5 Å². The van der Waals surface area contributed by atoms with Crippen molar-refractivity contribution in [3.05, 3.63) is 24.3 Å². The molecule has 1 N–H and O–H groups in total. The Kier molecular flexibility index (Phi) is 5.03. The first-order valence-corrected chi connectivity index (χ1v) is 8.86. The summed E-state index contributed by atoms with van der Waals surface area (Å²) in [6, 6.07) is 7.68. The smallest absolute Gasteiger partial charge is 0.238 e. The number of anilines is 1. The second-order valence-electron chi connectivity index (χ2n) is 6.14. The van der Waals surface area contributed by atoms with Crippen molar-refractivity contribution < 1.29 is 9.53 Å². The number of nitrogens with one attached hydrogen (secondary N) is 1. The molecule has 1 saturated carbocycles. The van der Waals surface area contributed by atoms with Gasteiger partial charge in [0.15, 0.2) is 0 Å². The molecule has 1 unspecified atom stereocenters. The first kappa shape index (κ1) is 16.8. The van der Waals surface area contributed by atoms with Gasteiger partial charge in [-0.3, -0.25) is 4.79 Å². The predicted octanol–water partition coefficient (Wildman–Crippen LogP) is 2.77. The van der Waals surface area contributed by atoms with Crippen molar-refractivity contribution >= 4 is 23.4 Å². The van der Waals surface area contributed by atoms with Gasteiger partial charge in [-0.05, 0) is 53.5 Å². The van der Waals surface area contributed by atoms with E-state index >= 15 is 0 Å². The normalized spacial score (nSPS) is 15.3. The third-order valence-electron chi connectivity index (χ3n) is 3.81. The van der Waals surface area contributed by atoms with Gasteiger partial charge in [0.05, 0.1) is 18.4 Å². The summed E-state index contributed by atoms with van der Waals surface area (Å²) in [4.78, 5) is 12.7. The third-order valence-corrected chi connectivity index (χ3v) is 5.30. The van der Waals surface area contributed by atoms with Gasteiger partial charge in [-0.15, -0.1) is 5.10 Å². The summed E-state index contributed by atoms with van der Waals surface area (Å²) in [6.45, 7) is 4.05. The highest BCUT2D eigenvalue weighted by Crippen LogP contribution is 2.38. The largest absolute Gasteiger partial charge is 0.497 e. The minimum atomic E-state index is -0.268. The first-order valence-electron chi connectivity index (χ1n) is 7.98. The molecule has 1 amide bonds. The van der Waals surface area contributed by atoms with Crippen LogP contribution in [0.15, 0.2) is 29.4 Å². The Morgan fingerprint density at radius 1 is 1.33 bits per heavy atom. The maximum atomic E-state index is 12.7. The van der Waals surface area contributed by atoms with Gasteiger partial charge in [0, 0.05) is 5.69 Å². The molecule has 128 valence electrons. The number of carbonyl (C=O) groups is 1. The molecule has 7 nitrogen and oxygen atoms in total. The average Bonchev–Trinajstić information content (AvgIpc) is 3.31. The molecule has 1 aliphatic rings. The van der Waals surface area contributed by atoms with Crippen LogP contribution in [0.2, 0.25) is 0 Å². The van der Waals surface area contributed by atoms with Gasteiger partial charge >= 0.3 is 0 Å². The molecule has 24 heavy (non-hydrogen) atoms. The lowest BCUT2D eigenvalue weighted by Gasteiger charge is -2.19. The summed E-state index contributed by atoms with van der Waals surface area (Å²) in [5, 5.41) is 15.3. The lowest BCUT2D eigenvalue weighted by atomic mass is 10.1. The molecule has 1 atom stereocenters. The fourth-order valence-corrected chi connectivity index (χ4v) is 3.35. The SMILES string of the molecule is COc1ccc(NC(=O)C(Sc2nnnn2C2CC2)C(C)C)cc1. The van der Waals surface area contributed by atoms with Crippen molar-refractivity contribution in [2.45, 2.75) is 43.1 Å². The second-order valence-corrected chi connectivity index (χ2v) is 7.25. The number of aromatic nitrogens is 4. The van der Waals surface area contributed by atoms with Crippen molar-refractivity contribution in [3.63, 3.8) is 0 Å². The molecule has 0 spiro atoms. The molecule has 1 aromatic heterocycles. The number of nitrogens with zero attached hydrogens (tertiary/aromatic N) is 4. The zero-order valence-corrected chi connectivity index (χ0v) is 14.8. The van der Waals surface area contributed by atoms with Crippen LogP contribution >= 0.6 is 11.8 Å². The fourth-order valence-electron chi connectivity index (χ4n) is 2.30. The van der Waals surface area contributed by atoms with E-state index in [0.29, 0.717) is 11.2 Å². The Morgan fingerprint density at radius 2 is 2.04 bits per heavy atom. The third kappa shape index (κ3) is 3.87. The highest BCUT2D eigenvalue weighted by molar-refractivity contribution is 8.00. The summed E-state index contributed by atoms with van der Waals surface area (Å²) >= 11 is 1.42. The number of amides is 1. The van der Waals surface area contributed by atoms with Crippen molar-refractivity contribution in [2.75, 3.05) is 12.4 Å². The Bertz CT molecular complexity index is 697. The van der Waals surface area contributed by atoms with Crippen molar-refractivity contribution in [3.8, 4) is 5.75 Å². The van der Waals surface area contributed by atoms with E-state index in [0.717, 1.165) is 24.3 Å². The first-order chi connectivity index (χ1) is 11.6. The van der Waals surface area contributed by atoms with Crippen molar-refractivity contribution in [1.82, 2.24) is 20.2 Å². The standard InChI is InChI=1S/C16H21N5O2S/c1-10(2)14(24-16-18-19-20-21(16)12-6-7-12)15(22)17-11-4-8-13(23-3)9-5-11/h4-5,8-10,12,14H,6-7H2,1-3H3,(H,17,22). The topological polar surface area (TPSA) is 81.9 Å². The minimum Gasteiger partial charge on any atom is -0.497 e. The van der Waals surface area contributed by atoms with Crippen molar-refractivity contribution in [1.29, 1.82) is 0 Å².